The lowest BCUT2D eigenvalue weighted by Gasteiger charge is -2.21. The Balaban J connectivity index is 2.52. The van der Waals surface area contributed by atoms with Gasteiger partial charge in [-0.15, -0.1) is 0 Å². The normalized spacial score (nSPS) is 13.9. The van der Waals surface area contributed by atoms with Crippen LogP contribution in [-0.2, 0) is 0 Å². The van der Waals surface area contributed by atoms with E-state index < -0.39 is 4.92 Å². The second-order valence-corrected chi connectivity index (χ2v) is 3.12. The van der Waals surface area contributed by atoms with E-state index in [2.05, 4.69) is 4.99 Å². The molecule has 5 heteroatoms. The Kier molecular flexibility index (Phi) is 1.92. The minimum atomic E-state index is -0.396. The van der Waals surface area contributed by atoms with Gasteiger partial charge in [0.1, 0.15) is 0 Å². The number of nitro benzene ring substituents is 1. The van der Waals surface area contributed by atoms with Gasteiger partial charge in [-0.1, -0.05) is 0 Å². The summed E-state index contributed by atoms with van der Waals surface area (Å²) in [6.45, 7) is 0.689. The number of hydrogen-bond acceptors (Lipinski definition) is 4. The van der Waals surface area contributed by atoms with Crippen molar-refractivity contribution < 1.29 is 4.92 Å². The Morgan fingerprint density at radius 1 is 1.57 bits per heavy atom. The summed E-state index contributed by atoms with van der Waals surface area (Å²) in [5, 5.41) is 10.5. The molecule has 72 valence electrons. The average molecular weight is 191 g/mol. The highest BCUT2D eigenvalue weighted by molar-refractivity contribution is 5.82. The zero-order valence-electron chi connectivity index (χ0n) is 7.67. The molecule has 2 rings (SSSR count). The quantitative estimate of drug-likeness (QED) is 0.501. The molecule has 1 aliphatic heterocycles. The first-order chi connectivity index (χ1) is 6.68. The molecule has 1 aromatic rings. The molecule has 0 saturated heterocycles. The predicted octanol–water partition coefficient (Wildman–Crippen LogP) is 1.75. The van der Waals surface area contributed by atoms with Gasteiger partial charge >= 0.3 is 0 Å². The van der Waals surface area contributed by atoms with Crippen LogP contribution in [0, 0.1) is 10.1 Å². The maximum Gasteiger partial charge on any atom is 0.271 e. The van der Waals surface area contributed by atoms with Crippen molar-refractivity contribution in [3.63, 3.8) is 0 Å². The lowest BCUT2D eigenvalue weighted by Crippen LogP contribution is -2.21. The van der Waals surface area contributed by atoms with E-state index in [0.29, 0.717) is 6.54 Å². The Morgan fingerprint density at radius 2 is 2.36 bits per heavy atom. The number of aliphatic imine (C=N–C) groups is 1. The summed E-state index contributed by atoms with van der Waals surface area (Å²) in [5.41, 5.74) is 1.69. The van der Waals surface area contributed by atoms with Crippen LogP contribution in [-0.4, -0.2) is 24.7 Å². The van der Waals surface area contributed by atoms with E-state index in [1.807, 2.05) is 11.9 Å². The number of hydrogen-bond donors (Lipinski definition) is 0. The fourth-order valence-corrected chi connectivity index (χ4v) is 1.40. The molecular formula is C9H9N3O2. The SMILES string of the molecule is CN1CC=Nc2ccc([N+](=O)[O-])cc21. The zero-order valence-corrected chi connectivity index (χ0v) is 7.67. The fourth-order valence-electron chi connectivity index (χ4n) is 1.40. The maximum atomic E-state index is 10.5. The number of anilines is 1. The maximum absolute atomic E-state index is 10.5. The largest absolute Gasteiger partial charge is 0.367 e. The van der Waals surface area contributed by atoms with Gasteiger partial charge < -0.3 is 4.90 Å². The third-order valence-electron chi connectivity index (χ3n) is 2.17. The van der Waals surface area contributed by atoms with Crippen LogP contribution in [0.3, 0.4) is 0 Å². The third kappa shape index (κ3) is 1.32. The molecule has 0 radical (unpaired) electrons. The van der Waals surface area contributed by atoms with Gasteiger partial charge in [-0.2, -0.15) is 0 Å². The molecule has 5 nitrogen and oxygen atoms in total. The van der Waals surface area contributed by atoms with Crippen LogP contribution in [0.15, 0.2) is 23.2 Å². The zero-order chi connectivity index (χ0) is 10.1. The van der Waals surface area contributed by atoms with Gasteiger partial charge in [-0.25, -0.2) is 0 Å². The van der Waals surface area contributed by atoms with Gasteiger partial charge in [0, 0.05) is 25.4 Å². The molecule has 0 amide bonds. The smallest absolute Gasteiger partial charge is 0.271 e. The number of non-ortho nitro benzene ring substituents is 1. The van der Waals surface area contributed by atoms with E-state index in [4.69, 9.17) is 0 Å². The lowest BCUT2D eigenvalue weighted by molar-refractivity contribution is -0.384. The third-order valence-corrected chi connectivity index (χ3v) is 2.17. The summed E-state index contributed by atoms with van der Waals surface area (Å²) in [4.78, 5) is 16.2. The Hall–Kier alpha value is -1.91. The monoisotopic (exact) mass is 191 g/mol. The summed E-state index contributed by atoms with van der Waals surface area (Å²) in [6, 6.07) is 4.68. The van der Waals surface area contributed by atoms with Crippen molar-refractivity contribution in [1.29, 1.82) is 0 Å². The molecule has 1 aliphatic rings. The second kappa shape index (κ2) is 3.10. The van der Waals surface area contributed by atoms with Crippen molar-refractivity contribution >= 4 is 23.3 Å². The molecule has 1 aromatic carbocycles. The highest BCUT2D eigenvalue weighted by atomic mass is 16.6. The van der Waals surface area contributed by atoms with Gasteiger partial charge in [-0.05, 0) is 6.07 Å². The molecule has 0 fully saturated rings. The first-order valence-electron chi connectivity index (χ1n) is 4.20. The van der Waals surface area contributed by atoms with E-state index in [1.54, 1.807) is 18.3 Å². The second-order valence-electron chi connectivity index (χ2n) is 3.12. The molecule has 0 atom stereocenters. The van der Waals surface area contributed by atoms with Gasteiger partial charge in [0.05, 0.1) is 22.8 Å². The van der Waals surface area contributed by atoms with Crippen LogP contribution in [0.5, 0.6) is 0 Å². The van der Waals surface area contributed by atoms with Crippen molar-refractivity contribution in [1.82, 2.24) is 0 Å². The van der Waals surface area contributed by atoms with E-state index >= 15 is 0 Å². The number of rotatable bonds is 1. The van der Waals surface area contributed by atoms with Crippen LogP contribution in [0.2, 0.25) is 0 Å². The molecule has 14 heavy (non-hydrogen) atoms. The number of nitro groups is 1. The van der Waals surface area contributed by atoms with Gasteiger partial charge in [0.2, 0.25) is 0 Å². The van der Waals surface area contributed by atoms with E-state index in [9.17, 15) is 10.1 Å². The number of benzene rings is 1. The van der Waals surface area contributed by atoms with Crippen molar-refractivity contribution in [2.75, 3.05) is 18.5 Å². The van der Waals surface area contributed by atoms with Crippen molar-refractivity contribution in [2.24, 2.45) is 4.99 Å². The average Bonchev–Trinajstić information content (AvgIpc) is 2.18. The van der Waals surface area contributed by atoms with Crippen molar-refractivity contribution in [3.05, 3.63) is 28.3 Å². The fraction of sp³-hybridized carbons (Fsp3) is 0.222. The molecule has 0 aliphatic carbocycles. The van der Waals surface area contributed by atoms with Crippen LogP contribution >= 0.6 is 0 Å². The summed E-state index contributed by atoms with van der Waals surface area (Å²) in [6.07, 6.45) is 1.79. The molecule has 0 saturated carbocycles. The Bertz CT molecular complexity index is 415. The number of nitrogens with zero attached hydrogens (tertiary/aromatic N) is 3. The van der Waals surface area contributed by atoms with Crippen molar-refractivity contribution in [3.8, 4) is 0 Å². The molecule has 1 heterocycles. The molecule has 0 aromatic heterocycles. The minimum Gasteiger partial charge on any atom is -0.367 e. The standard InChI is InChI=1S/C9H9N3O2/c1-11-5-4-10-8-3-2-7(12(13)14)6-9(8)11/h2-4,6H,5H2,1H3. The molecular weight excluding hydrogens is 182 g/mol. The summed E-state index contributed by atoms with van der Waals surface area (Å²) in [7, 11) is 1.88. The van der Waals surface area contributed by atoms with Gasteiger partial charge in [0.15, 0.2) is 0 Å². The van der Waals surface area contributed by atoms with E-state index in [0.717, 1.165) is 11.4 Å². The summed E-state index contributed by atoms with van der Waals surface area (Å²) < 4.78 is 0. The summed E-state index contributed by atoms with van der Waals surface area (Å²) in [5.74, 6) is 0. The van der Waals surface area contributed by atoms with E-state index in [1.165, 1.54) is 6.07 Å². The van der Waals surface area contributed by atoms with Crippen LogP contribution < -0.4 is 4.90 Å². The topological polar surface area (TPSA) is 58.7 Å². The molecule has 0 unspecified atom stereocenters. The molecule has 0 bridgehead atoms. The highest BCUT2D eigenvalue weighted by Crippen LogP contribution is 2.33. The Morgan fingerprint density at radius 3 is 3.07 bits per heavy atom. The van der Waals surface area contributed by atoms with Crippen LogP contribution in [0.25, 0.3) is 0 Å². The van der Waals surface area contributed by atoms with Gasteiger partial charge in [0.25, 0.3) is 5.69 Å². The predicted molar refractivity (Wildman–Crippen MR) is 54.5 cm³/mol. The number of fused-ring (bicyclic) bond motifs is 1. The first-order valence-corrected chi connectivity index (χ1v) is 4.20. The van der Waals surface area contributed by atoms with Crippen LogP contribution in [0.1, 0.15) is 0 Å². The Labute approximate surface area is 80.8 Å². The first kappa shape index (κ1) is 8.68. The highest BCUT2D eigenvalue weighted by Gasteiger charge is 2.15. The molecule has 0 N–H and O–H groups in total. The molecule has 0 spiro atoms. The van der Waals surface area contributed by atoms with Crippen LogP contribution in [0.4, 0.5) is 17.1 Å². The lowest BCUT2D eigenvalue weighted by atomic mass is 10.2. The summed E-state index contributed by atoms with van der Waals surface area (Å²) >= 11 is 0. The van der Waals surface area contributed by atoms with Gasteiger partial charge in [-0.3, -0.25) is 15.1 Å². The minimum absolute atomic E-state index is 0.104. The van der Waals surface area contributed by atoms with E-state index in [-0.39, 0.29) is 5.69 Å². The van der Waals surface area contributed by atoms with Crippen molar-refractivity contribution in [2.45, 2.75) is 0 Å².